The standard InChI is InChI=1S/C35H58O5.C24H40O4.C11H19ClO.3HI.V/c1-22(8-15-33(38)40-21-39-27-11-9-23-6-4-5-7-24(23)18-27)29-13-14-30-28-12-10-25-19-26(36)16-17-34(25,2)31(28)20-32(37)35(29,30)3;1-14(4-9-22(27)28)18-7-8-19-17-6-5-15-12-16(25)10-11-23(15,2)20(17)13-21(26)24(18,19)3;12-8-13-11-6-5-9-3-1-2-4-10(9)7-11;;;;/h22-32,36-37H,4-21H2,1-3H3;14-21,25-26H,4-13H2,1-3H3,(H,27,28);9-11H,1-8H2;3*1H;/q;;;;;;+3/p-3/t22-,23?,24?,25-,26-,27?,28+,29-,30?,31+,32+,34+,35-;14-,15?,16?,17?,18-,19?,20?,21?,23+,24-;;;;;/m11...../s1. The monoisotopic (exact) mass is 1580 g/mol. The van der Waals surface area contributed by atoms with Gasteiger partial charge in [-0.15, -0.1) is 0 Å². The van der Waals surface area contributed by atoms with Gasteiger partial charge in [-0.2, -0.15) is 0 Å². The zero-order chi connectivity index (χ0) is 61.0. The van der Waals surface area contributed by atoms with Crippen molar-refractivity contribution in [1.29, 1.82) is 0 Å². The Bertz CT molecular complexity index is 2130. The van der Waals surface area contributed by atoms with Gasteiger partial charge in [-0.05, 0) is 270 Å². The number of aliphatic carboxylic acids is 1. The van der Waals surface area contributed by atoms with Gasteiger partial charge in [-0.3, -0.25) is 9.59 Å². The second-order valence-electron chi connectivity index (χ2n) is 31.9. The molecule has 0 aromatic carbocycles. The number of aliphatic hydroxyl groups excluding tert-OH is 4. The van der Waals surface area contributed by atoms with E-state index in [9.17, 15) is 30.0 Å². The molecule has 12 saturated carbocycles. The number of aliphatic hydroxyl groups is 4. The number of carbonyl (C=O) groups excluding carboxylic acids is 1. The van der Waals surface area contributed by atoms with E-state index in [0.29, 0.717) is 89.6 Å². The number of alkyl halides is 1. The normalized spacial score (nSPS) is 46.7. The van der Waals surface area contributed by atoms with Crippen molar-refractivity contribution in [2.45, 2.75) is 296 Å². The number of esters is 1. The van der Waals surface area contributed by atoms with E-state index in [4.69, 9.17) is 30.9 Å². The van der Waals surface area contributed by atoms with Gasteiger partial charge in [0.2, 0.25) is 0 Å². The molecule has 26 atom stereocenters. The van der Waals surface area contributed by atoms with E-state index in [2.05, 4.69) is 101 Å². The van der Waals surface area contributed by atoms with E-state index < -0.39 is 5.97 Å². The van der Waals surface area contributed by atoms with Gasteiger partial charge in [0.25, 0.3) is 0 Å². The van der Waals surface area contributed by atoms with Crippen LogP contribution in [0, 0.1) is 116 Å². The van der Waals surface area contributed by atoms with Crippen LogP contribution in [0.4, 0.5) is 0 Å². The quantitative estimate of drug-likeness (QED) is 0.0519. The predicted octanol–water partition coefficient (Wildman–Crippen LogP) is 18.0. The van der Waals surface area contributed by atoms with Crippen molar-refractivity contribution in [2.75, 3.05) is 12.9 Å². The van der Waals surface area contributed by atoms with Crippen LogP contribution in [0.5, 0.6) is 0 Å². The third-order valence-electron chi connectivity index (χ3n) is 28.4. The van der Waals surface area contributed by atoms with Crippen molar-refractivity contribution in [3.05, 3.63) is 0 Å². The SMILES string of the molecule is C[C@H](CCC(=O)O)[C@H]1CCC2C3CCC4CC(O)CC[C@]4(C)C3CC(O)[C@@]21C.C[C@H](CCC(=O)OCOC1CCC2CCCCC2C1)[C@H]1CCC2[C@@H]3CC[C@@H]4C[C@H](O)CC[C@]4(C)[C@H]3C[C@H](O)[C@@]21C.ClCOC1CCC2CCCCC2C1.[I][V]([I])[I]. The molecule has 15 heteroatoms. The Morgan fingerprint density at radius 1 is 0.518 bits per heavy atom. The van der Waals surface area contributed by atoms with Gasteiger partial charge in [0.1, 0.15) is 6.07 Å². The van der Waals surface area contributed by atoms with Crippen molar-refractivity contribution < 1.29 is 54.3 Å². The fourth-order valence-corrected chi connectivity index (χ4v) is 23.9. The summed E-state index contributed by atoms with van der Waals surface area (Å²) >= 11 is 13.0. The molecule has 0 radical (unpaired) electrons. The van der Waals surface area contributed by atoms with Gasteiger partial charge in [-0.25, -0.2) is 0 Å². The predicted molar refractivity (Wildman–Crippen MR) is 362 cm³/mol. The molecule has 0 aliphatic heterocycles. The number of hydrogen-bond donors (Lipinski definition) is 5. The van der Waals surface area contributed by atoms with Gasteiger partial charge in [-0.1, -0.05) is 105 Å². The summed E-state index contributed by atoms with van der Waals surface area (Å²) in [6, 6.07) is 0.377. The molecule has 0 aromatic rings. The van der Waals surface area contributed by atoms with E-state index in [1.165, 1.54) is 122 Å². The van der Waals surface area contributed by atoms with E-state index in [-0.39, 0.29) is 76.3 Å². The third kappa shape index (κ3) is 16.2. The summed E-state index contributed by atoms with van der Waals surface area (Å²) in [7, 11) is 0. The Balaban J connectivity index is 0.000000165. The molecule has 0 amide bonds. The number of hydrogen-bond acceptors (Lipinski definition) is 9. The summed E-state index contributed by atoms with van der Waals surface area (Å²) in [5.74, 6) is 9.45. The summed E-state index contributed by atoms with van der Waals surface area (Å²) in [4.78, 5) is 23.5. The maximum atomic E-state index is 12.7. The number of fused-ring (bicyclic) bond motifs is 12. The van der Waals surface area contributed by atoms with Crippen LogP contribution in [0.25, 0.3) is 0 Å². The van der Waals surface area contributed by atoms with Crippen LogP contribution in [0.2, 0.25) is 0 Å². The molecule has 0 heterocycles. The number of ether oxygens (including phenoxy) is 3. The van der Waals surface area contributed by atoms with Crippen LogP contribution in [0.3, 0.4) is 0 Å². The van der Waals surface area contributed by atoms with Crippen molar-refractivity contribution >= 4 is 83.5 Å². The van der Waals surface area contributed by atoms with Crippen molar-refractivity contribution in [3.8, 4) is 0 Å². The average molecular weight is 1590 g/mol. The molecule has 12 rings (SSSR count). The third-order valence-corrected chi connectivity index (χ3v) is 28.6. The first-order chi connectivity index (χ1) is 40.5. The second-order valence-corrected chi connectivity index (χ2v) is 67.5. The van der Waals surface area contributed by atoms with Crippen LogP contribution in [0.1, 0.15) is 260 Å². The molecule has 490 valence electrons. The first kappa shape index (κ1) is 71.1. The second kappa shape index (κ2) is 31.5. The number of carboxylic acid groups (broad SMARTS) is 1. The molecule has 13 unspecified atom stereocenters. The zero-order valence-electron chi connectivity index (χ0n) is 53.4. The Morgan fingerprint density at radius 2 is 0.941 bits per heavy atom. The Morgan fingerprint density at radius 3 is 1.38 bits per heavy atom. The molecule has 85 heavy (non-hydrogen) atoms. The first-order valence-electron chi connectivity index (χ1n) is 35.2. The molecule has 12 fully saturated rings. The number of carboxylic acids is 1. The summed E-state index contributed by atoms with van der Waals surface area (Å²) in [5.41, 5.74) is 0.437. The van der Waals surface area contributed by atoms with Crippen LogP contribution in [-0.2, 0) is 28.7 Å². The van der Waals surface area contributed by atoms with E-state index in [1.54, 1.807) is 0 Å². The van der Waals surface area contributed by atoms with Crippen LogP contribution >= 0.6 is 71.5 Å². The molecule has 12 aliphatic rings. The van der Waals surface area contributed by atoms with Gasteiger partial charge >= 0.3 is 76.8 Å². The fraction of sp³-hybridized carbons (Fsp3) is 0.971. The van der Waals surface area contributed by atoms with E-state index in [1.807, 2.05) is 0 Å². The van der Waals surface area contributed by atoms with Crippen molar-refractivity contribution in [1.82, 2.24) is 0 Å². The molecule has 5 N–H and O–H groups in total. The molecule has 12 aliphatic carbocycles. The minimum atomic E-state index is -0.707. The van der Waals surface area contributed by atoms with Gasteiger partial charge in [0.15, 0.2) is 6.79 Å². The summed E-state index contributed by atoms with van der Waals surface area (Å²) < 4.78 is 17.1. The van der Waals surface area contributed by atoms with Crippen molar-refractivity contribution in [2.24, 2.45) is 116 Å². The fourth-order valence-electron chi connectivity index (χ4n) is 23.7. The maximum absolute atomic E-state index is 12.7. The van der Waals surface area contributed by atoms with Crippen LogP contribution in [-0.4, -0.2) is 87.0 Å². The zero-order valence-corrected chi connectivity index (χ0v) is 62.0. The van der Waals surface area contributed by atoms with E-state index >= 15 is 0 Å². The summed E-state index contributed by atoms with van der Waals surface area (Å²) in [6.07, 6.45) is 38.4. The Hall–Kier alpha value is 1.76. The topological polar surface area (TPSA) is 163 Å². The number of halogens is 4. The molecule has 0 aromatic heterocycles. The van der Waals surface area contributed by atoms with Crippen LogP contribution < -0.4 is 0 Å². The van der Waals surface area contributed by atoms with Crippen LogP contribution in [0.15, 0.2) is 0 Å². The van der Waals surface area contributed by atoms with E-state index in [0.717, 1.165) is 107 Å². The Kier molecular flexibility index (Phi) is 26.4. The van der Waals surface area contributed by atoms with Gasteiger partial charge in [0.05, 0.1) is 36.6 Å². The molecular formula is C70H117ClI3O10V. The molecule has 0 bridgehead atoms. The number of carbonyl (C=O) groups is 2. The van der Waals surface area contributed by atoms with Gasteiger partial charge < -0.3 is 39.7 Å². The summed E-state index contributed by atoms with van der Waals surface area (Å²) in [5, 5.41) is 52.9. The minimum absolute atomic E-state index is 0.0526. The number of rotatable bonds is 13. The molecule has 0 saturated heterocycles. The molecule has 0 spiro atoms. The Labute approximate surface area is 558 Å². The average Bonchev–Trinajstić information content (AvgIpc) is 1.89. The van der Waals surface area contributed by atoms with Crippen molar-refractivity contribution in [3.63, 3.8) is 0 Å². The first-order valence-corrected chi connectivity index (χ1v) is 49.2. The molecular weight excluding hydrogens is 1470 g/mol. The molecule has 10 nitrogen and oxygen atoms in total. The van der Waals surface area contributed by atoms with Gasteiger partial charge in [0, 0.05) is 12.8 Å². The summed E-state index contributed by atoms with van der Waals surface area (Å²) in [6.45, 7) is 14.3.